The molecule has 46 heavy (non-hydrogen) atoms. The first kappa shape index (κ1) is 33.7. The summed E-state index contributed by atoms with van der Waals surface area (Å²) in [5.41, 5.74) is -1.72. The molecule has 2 amide bonds. The molecule has 3 saturated carbocycles. The number of benzene rings is 2. The summed E-state index contributed by atoms with van der Waals surface area (Å²) in [6.07, 6.45) is 2.53. The highest BCUT2D eigenvalue weighted by Crippen LogP contribution is 3.02. The van der Waals surface area contributed by atoms with Crippen LogP contribution in [0, 0.1) is 34.8 Å². The molecule has 4 atom stereocenters. The molecule has 2 aromatic rings. The molecule has 0 unspecified atom stereocenters. The first-order chi connectivity index (χ1) is 21.2. The summed E-state index contributed by atoms with van der Waals surface area (Å²) in [6, 6.07) is 2.09. The number of carboxylic acids is 1. The molecule has 3 N–H and O–H groups in total. The van der Waals surface area contributed by atoms with E-state index in [-0.39, 0.29) is 41.0 Å². The van der Waals surface area contributed by atoms with Crippen LogP contribution < -0.4 is 20.1 Å². The molecule has 0 heterocycles. The minimum Gasteiger partial charge on any atom is -0.496 e. The van der Waals surface area contributed by atoms with Crippen molar-refractivity contribution in [2.75, 3.05) is 12.4 Å². The number of hydrogen-bond acceptors (Lipinski definition) is 5. The lowest BCUT2D eigenvalue weighted by Crippen LogP contribution is -2.48. The van der Waals surface area contributed by atoms with Crippen molar-refractivity contribution < 1.29 is 57.2 Å². The van der Waals surface area contributed by atoms with Crippen LogP contribution in [0.2, 0.25) is 0 Å². The molecule has 0 aromatic heterocycles. The van der Waals surface area contributed by atoms with Crippen molar-refractivity contribution in [2.45, 2.75) is 68.9 Å². The van der Waals surface area contributed by atoms with Gasteiger partial charge in [0.25, 0.3) is 5.91 Å². The summed E-state index contributed by atoms with van der Waals surface area (Å²) >= 11 is 0. The standard InChI is InChI=1S/C30H33F7N2O6S/c1-30(29(42)43)9-7-18(8-10-30)45-23-13-19(22(44-2)14-21(23)32)27(40)39-26-16-4-3-15(11-16)25(26)28(41)38-17-5-6-20(31)24(12-17)46(33,34,35,36)37/h5-6,12-16,18,25-26H,3-4,7-11H2,1-2H3,(H,38,41)(H,39,40)(H,42,43)/t15-,16+,18?,25-,26+,30?/m1/s1. The smallest absolute Gasteiger partial charge is 0.313 e. The van der Waals surface area contributed by atoms with Gasteiger partial charge in [-0.1, -0.05) is 19.4 Å². The fourth-order valence-corrected chi connectivity index (χ4v) is 7.71. The highest BCUT2D eigenvalue weighted by molar-refractivity contribution is 8.45. The number of anilines is 1. The zero-order valence-corrected chi connectivity index (χ0v) is 25.6. The maximum absolute atomic E-state index is 15.0. The molecule has 3 fully saturated rings. The van der Waals surface area contributed by atoms with Crippen molar-refractivity contribution in [3.63, 3.8) is 0 Å². The lowest BCUT2D eigenvalue weighted by atomic mass is 9.75. The predicted octanol–water partition coefficient (Wildman–Crippen LogP) is 7.83. The fourth-order valence-electron chi connectivity index (χ4n) is 6.92. The molecule has 5 rings (SSSR count). The van der Waals surface area contributed by atoms with Gasteiger partial charge in [-0.3, -0.25) is 14.4 Å². The quantitative estimate of drug-likeness (QED) is 0.233. The van der Waals surface area contributed by atoms with E-state index in [2.05, 4.69) is 10.6 Å². The Morgan fingerprint density at radius 2 is 1.57 bits per heavy atom. The zero-order chi connectivity index (χ0) is 33.9. The number of hydrogen-bond donors (Lipinski definition) is 3. The number of carbonyl (C=O) groups is 3. The maximum Gasteiger partial charge on any atom is 0.313 e. The Balaban J connectivity index is 1.34. The number of methoxy groups -OCH3 is 1. The lowest BCUT2D eigenvalue weighted by molar-refractivity contribution is -0.150. The summed E-state index contributed by atoms with van der Waals surface area (Å²) in [5, 5.41) is 14.4. The molecule has 3 aliphatic rings. The van der Waals surface area contributed by atoms with Gasteiger partial charge in [-0.2, -0.15) is 0 Å². The van der Waals surface area contributed by atoms with E-state index in [0.717, 1.165) is 18.2 Å². The number of rotatable bonds is 9. The van der Waals surface area contributed by atoms with Crippen LogP contribution in [0.25, 0.3) is 0 Å². The van der Waals surface area contributed by atoms with Crippen LogP contribution in [0.4, 0.5) is 33.9 Å². The van der Waals surface area contributed by atoms with E-state index in [4.69, 9.17) is 9.47 Å². The van der Waals surface area contributed by atoms with Gasteiger partial charge in [0.05, 0.1) is 30.1 Å². The third-order valence-corrected chi connectivity index (χ3v) is 10.6. The fraction of sp³-hybridized carbons (Fsp3) is 0.500. The lowest BCUT2D eigenvalue weighted by Gasteiger charge is -2.40. The minimum atomic E-state index is -10.4. The molecule has 254 valence electrons. The second-order valence-electron chi connectivity index (χ2n) is 12.6. The predicted molar refractivity (Wildman–Crippen MR) is 154 cm³/mol. The average Bonchev–Trinajstić information content (AvgIpc) is 3.56. The van der Waals surface area contributed by atoms with E-state index in [9.17, 15) is 47.7 Å². The summed E-state index contributed by atoms with van der Waals surface area (Å²) in [6.45, 7) is 1.63. The zero-order valence-electron chi connectivity index (χ0n) is 24.8. The SMILES string of the molecule is COc1cc(F)c(OC2CCC(C)(C(=O)O)CC2)cc1C(=O)N[C@H]1[C@H]2CC[C@H](C2)[C@H]1C(=O)Nc1ccc(F)c(S(F)(F)(F)(F)F)c1. The van der Waals surface area contributed by atoms with Crippen molar-refractivity contribution in [1.29, 1.82) is 0 Å². The number of halogens is 7. The number of carboxylic acid groups (broad SMARTS) is 1. The number of amides is 2. The Hall–Kier alpha value is -3.69. The molecule has 0 aliphatic heterocycles. The number of fused-ring (bicyclic) bond motifs is 2. The Kier molecular flexibility index (Phi) is 8.01. The van der Waals surface area contributed by atoms with Gasteiger partial charge in [0.2, 0.25) is 5.91 Å². The highest BCUT2D eigenvalue weighted by Gasteiger charge is 2.67. The van der Waals surface area contributed by atoms with Crippen LogP contribution in [0.3, 0.4) is 0 Å². The van der Waals surface area contributed by atoms with Crippen molar-refractivity contribution in [1.82, 2.24) is 5.32 Å². The van der Waals surface area contributed by atoms with Gasteiger partial charge in [-0.25, -0.2) is 8.78 Å². The van der Waals surface area contributed by atoms with Gasteiger partial charge < -0.3 is 25.2 Å². The largest absolute Gasteiger partial charge is 0.496 e. The Labute approximate surface area is 259 Å². The molecule has 0 spiro atoms. The van der Waals surface area contributed by atoms with E-state index in [1.807, 2.05) is 0 Å². The summed E-state index contributed by atoms with van der Waals surface area (Å²) < 4.78 is 107. The number of ether oxygens (including phenoxy) is 2. The van der Waals surface area contributed by atoms with E-state index in [1.54, 1.807) is 6.92 Å². The highest BCUT2D eigenvalue weighted by atomic mass is 32.5. The molecule has 2 aromatic carbocycles. The first-order valence-electron chi connectivity index (χ1n) is 14.6. The normalized spacial score (nSPS) is 28.9. The molecule has 3 aliphatic carbocycles. The first-order valence-corrected chi connectivity index (χ1v) is 16.6. The summed E-state index contributed by atoms with van der Waals surface area (Å²) in [5.74, 6) is -7.32. The Morgan fingerprint density at radius 3 is 2.17 bits per heavy atom. The van der Waals surface area contributed by atoms with Crippen molar-refractivity contribution >= 4 is 33.7 Å². The van der Waals surface area contributed by atoms with Gasteiger partial charge in [-0.15, -0.1) is 0 Å². The van der Waals surface area contributed by atoms with Crippen LogP contribution in [-0.4, -0.2) is 42.1 Å². The van der Waals surface area contributed by atoms with Gasteiger partial charge in [-0.05, 0) is 88.0 Å². The Morgan fingerprint density at radius 1 is 0.913 bits per heavy atom. The van der Waals surface area contributed by atoms with Crippen LogP contribution in [0.15, 0.2) is 35.2 Å². The molecule has 16 heteroatoms. The van der Waals surface area contributed by atoms with Crippen LogP contribution in [0.1, 0.15) is 62.2 Å². The van der Waals surface area contributed by atoms with Crippen LogP contribution >= 0.6 is 10.2 Å². The molecule has 8 nitrogen and oxygen atoms in total. The molecular formula is C30H33F7N2O6S. The van der Waals surface area contributed by atoms with Crippen molar-refractivity contribution in [2.24, 2.45) is 23.2 Å². The van der Waals surface area contributed by atoms with Gasteiger partial charge >= 0.3 is 16.2 Å². The molecule has 2 bridgehead atoms. The molecule has 0 saturated heterocycles. The Bertz CT molecular complexity index is 1580. The van der Waals surface area contributed by atoms with Crippen LogP contribution in [-0.2, 0) is 9.59 Å². The van der Waals surface area contributed by atoms with E-state index < -0.39 is 73.7 Å². The van der Waals surface area contributed by atoms with Gasteiger partial charge in [0, 0.05) is 17.8 Å². The second kappa shape index (κ2) is 10.9. The number of aliphatic carboxylic acids is 1. The maximum atomic E-state index is 15.0. The number of carbonyl (C=O) groups excluding carboxylic acids is 2. The van der Waals surface area contributed by atoms with E-state index in [0.29, 0.717) is 44.9 Å². The minimum absolute atomic E-state index is 0.119. The van der Waals surface area contributed by atoms with E-state index in [1.165, 1.54) is 7.11 Å². The molecule has 0 radical (unpaired) electrons. The van der Waals surface area contributed by atoms with Crippen molar-refractivity contribution in [3.8, 4) is 11.5 Å². The monoisotopic (exact) mass is 682 g/mol. The van der Waals surface area contributed by atoms with E-state index >= 15 is 0 Å². The third-order valence-electron chi connectivity index (χ3n) is 9.48. The third kappa shape index (κ3) is 6.72. The molecular weight excluding hydrogens is 649 g/mol. The van der Waals surface area contributed by atoms with Gasteiger partial charge in [0.1, 0.15) is 16.5 Å². The topological polar surface area (TPSA) is 114 Å². The van der Waals surface area contributed by atoms with Gasteiger partial charge in [0.15, 0.2) is 11.6 Å². The summed E-state index contributed by atoms with van der Waals surface area (Å²) in [4.78, 5) is 35.7. The number of nitrogens with one attached hydrogen (secondary N) is 2. The van der Waals surface area contributed by atoms with Crippen LogP contribution in [0.5, 0.6) is 11.5 Å². The summed E-state index contributed by atoms with van der Waals surface area (Å²) in [7, 11) is -9.18. The van der Waals surface area contributed by atoms with Crippen molar-refractivity contribution in [3.05, 3.63) is 47.5 Å². The average molecular weight is 683 g/mol. The second-order valence-corrected chi connectivity index (χ2v) is 15.0.